The average Bonchev–Trinajstić information content (AvgIpc) is 2.76. The lowest BCUT2D eigenvalue weighted by Crippen LogP contribution is -2.25. The molecule has 2 aromatic rings. The van der Waals surface area contributed by atoms with E-state index in [1.807, 2.05) is 62.4 Å². The van der Waals surface area contributed by atoms with E-state index in [-0.39, 0.29) is 11.7 Å². The first kappa shape index (κ1) is 23.5. The third kappa shape index (κ3) is 7.20. The van der Waals surface area contributed by atoms with Crippen LogP contribution >= 0.6 is 0 Å². The van der Waals surface area contributed by atoms with Crippen molar-refractivity contribution in [2.24, 2.45) is 5.73 Å². The molecule has 0 atom stereocenters. The Morgan fingerprint density at radius 2 is 1.68 bits per heavy atom. The van der Waals surface area contributed by atoms with Gasteiger partial charge in [-0.3, -0.25) is 4.79 Å². The summed E-state index contributed by atoms with van der Waals surface area (Å²) in [6, 6.07) is 17.6. The molecule has 0 bridgehead atoms. The largest absolute Gasteiger partial charge is 0.491 e. The Morgan fingerprint density at radius 1 is 1.10 bits per heavy atom. The molecule has 2 rings (SSSR count). The number of ether oxygens (including phenoxy) is 1. The van der Waals surface area contributed by atoms with Crippen molar-refractivity contribution in [2.45, 2.75) is 33.2 Å². The summed E-state index contributed by atoms with van der Waals surface area (Å²) >= 11 is 0. The number of carbonyl (C=O) groups is 1. The van der Waals surface area contributed by atoms with Crippen LogP contribution in [0, 0.1) is 11.3 Å². The number of nitriles is 1. The van der Waals surface area contributed by atoms with Gasteiger partial charge in [-0.25, -0.2) is 0 Å². The van der Waals surface area contributed by atoms with Crippen LogP contribution in [0.2, 0.25) is 0 Å². The molecule has 0 saturated carbocycles. The maximum atomic E-state index is 12.7. The van der Waals surface area contributed by atoms with E-state index in [2.05, 4.69) is 18.0 Å². The molecule has 1 amide bonds. The van der Waals surface area contributed by atoms with Gasteiger partial charge < -0.3 is 15.8 Å². The molecule has 2 aromatic carbocycles. The van der Waals surface area contributed by atoms with Crippen molar-refractivity contribution < 1.29 is 9.53 Å². The van der Waals surface area contributed by atoms with Gasteiger partial charge in [0.05, 0.1) is 19.6 Å². The molecule has 3 N–H and O–H groups in total. The molecule has 0 radical (unpaired) electrons. The van der Waals surface area contributed by atoms with Gasteiger partial charge in [-0.05, 0) is 54.2 Å². The van der Waals surface area contributed by atoms with Crippen LogP contribution in [-0.2, 0) is 28.9 Å². The highest BCUT2D eigenvalue weighted by atomic mass is 16.5. The van der Waals surface area contributed by atoms with E-state index < -0.39 is 0 Å². The molecular formula is C26H29N3O2. The standard InChI is InChI=1S/C26H29N3O2/c1-18(2)24(15-21-7-5-20(6-8-21)13-14-27)16-25(31-4)26(30)29-17-22-9-11-23(12-10-22)19(3)28/h5-12,16H,3,13,15,17,28H2,1-2,4H3,(H,29,30)/b25-16-. The topological polar surface area (TPSA) is 88.1 Å². The van der Waals surface area contributed by atoms with E-state index in [0.717, 1.165) is 33.4 Å². The number of amides is 1. The summed E-state index contributed by atoms with van der Waals surface area (Å²) in [5, 5.41) is 11.7. The minimum atomic E-state index is -0.280. The number of benzene rings is 2. The average molecular weight is 416 g/mol. The Morgan fingerprint density at radius 3 is 2.19 bits per heavy atom. The number of nitrogens with two attached hydrogens (primary N) is 1. The molecule has 0 heterocycles. The summed E-state index contributed by atoms with van der Waals surface area (Å²) in [6.07, 6.45) is 2.85. The lowest BCUT2D eigenvalue weighted by molar-refractivity contribution is -0.120. The fourth-order valence-corrected chi connectivity index (χ4v) is 2.94. The highest BCUT2D eigenvalue weighted by Crippen LogP contribution is 2.17. The van der Waals surface area contributed by atoms with Crippen LogP contribution in [-0.4, -0.2) is 13.0 Å². The highest BCUT2D eigenvalue weighted by molar-refractivity contribution is 5.91. The van der Waals surface area contributed by atoms with Gasteiger partial charge >= 0.3 is 0 Å². The van der Waals surface area contributed by atoms with Crippen LogP contribution in [0.1, 0.15) is 36.1 Å². The van der Waals surface area contributed by atoms with E-state index in [1.54, 1.807) is 6.08 Å². The Balaban J connectivity index is 2.08. The van der Waals surface area contributed by atoms with E-state index >= 15 is 0 Å². The predicted octanol–water partition coefficient (Wildman–Crippen LogP) is 4.41. The quantitative estimate of drug-likeness (QED) is 0.361. The van der Waals surface area contributed by atoms with E-state index in [4.69, 9.17) is 15.7 Å². The molecule has 0 unspecified atom stereocenters. The normalized spacial score (nSPS) is 10.7. The third-order valence-corrected chi connectivity index (χ3v) is 4.87. The number of allylic oxidation sites excluding steroid dienone is 3. The van der Waals surface area contributed by atoms with Crippen molar-refractivity contribution in [3.8, 4) is 6.07 Å². The monoisotopic (exact) mass is 415 g/mol. The van der Waals surface area contributed by atoms with Gasteiger partial charge in [0.25, 0.3) is 5.91 Å². The second kappa shape index (κ2) is 11.4. The summed E-state index contributed by atoms with van der Waals surface area (Å²) in [6.45, 7) is 8.11. The number of carbonyl (C=O) groups excluding carboxylic acids is 1. The predicted molar refractivity (Wildman–Crippen MR) is 124 cm³/mol. The van der Waals surface area contributed by atoms with Crippen molar-refractivity contribution in [3.63, 3.8) is 0 Å². The zero-order chi connectivity index (χ0) is 22.8. The van der Waals surface area contributed by atoms with Crippen LogP contribution in [0.4, 0.5) is 0 Å². The SMILES string of the molecule is C=C(N)c1ccc(CNC(=O)/C(=C/C(Cc2ccc(CC#N)cc2)=C(C)C)OC)cc1. The molecule has 0 aromatic heterocycles. The molecule has 31 heavy (non-hydrogen) atoms. The summed E-state index contributed by atoms with van der Waals surface area (Å²) in [5.41, 5.74) is 12.2. The first-order valence-electron chi connectivity index (χ1n) is 10.0. The van der Waals surface area contributed by atoms with Crippen LogP contribution in [0.25, 0.3) is 5.70 Å². The molecule has 0 aliphatic heterocycles. The highest BCUT2D eigenvalue weighted by Gasteiger charge is 2.12. The minimum absolute atomic E-state index is 0.254. The number of nitrogens with one attached hydrogen (secondary N) is 1. The van der Waals surface area contributed by atoms with E-state index in [9.17, 15) is 4.79 Å². The number of nitrogens with zero attached hydrogens (tertiary/aromatic N) is 1. The van der Waals surface area contributed by atoms with Gasteiger partial charge in [0.2, 0.25) is 0 Å². The van der Waals surface area contributed by atoms with Crippen LogP contribution < -0.4 is 11.1 Å². The van der Waals surface area contributed by atoms with Crippen molar-refractivity contribution in [1.29, 1.82) is 5.26 Å². The molecule has 160 valence electrons. The molecule has 0 saturated heterocycles. The molecule has 5 heteroatoms. The molecule has 5 nitrogen and oxygen atoms in total. The van der Waals surface area contributed by atoms with Crippen LogP contribution in [0.3, 0.4) is 0 Å². The van der Waals surface area contributed by atoms with Gasteiger partial charge in [0, 0.05) is 12.2 Å². The number of hydrogen-bond donors (Lipinski definition) is 2. The van der Waals surface area contributed by atoms with Gasteiger partial charge in [0.1, 0.15) is 0 Å². The first-order chi connectivity index (χ1) is 14.8. The van der Waals surface area contributed by atoms with Crippen LogP contribution in [0.5, 0.6) is 0 Å². The van der Waals surface area contributed by atoms with Crippen LogP contribution in [0.15, 0.2) is 78.1 Å². The summed E-state index contributed by atoms with van der Waals surface area (Å²) in [5.74, 6) is -0.0258. The van der Waals surface area contributed by atoms with Gasteiger partial charge in [-0.2, -0.15) is 5.26 Å². The molecule has 0 spiro atoms. The van der Waals surface area contributed by atoms with Gasteiger partial charge in [0.15, 0.2) is 5.76 Å². The molecule has 0 fully saturated rings. The fraction of sp³-hybridized carbons (Fsp3) is 0.231. The smallest absolute Gasteiger partial charge is 0.286 e. The van der Waals surface area contributed by atoms with Crippen molar-refractivity contribution in [2.75, 3.05) is 7.11 Å². The summed E-state index contributed by atoms with van der Waals surface area (Å²) < 4.78 is 5.37. The maximum absolute atomic E-state index is 12.7. The van der Waals surface area contributed by atoms with E-state index in [0.29, 0.717) is 25.1 Å². The Labute approximate surface area is 184 Å². The third-order valence-electron chi connectivity index (χ3n) is 4.87. The lowest BCUT2D eigenvalue weighted by Gasteiger charge is -2.12. The van der Waals surface area contributed by atoms with Gasteiger partial charge in [-0.15, -0.1) is 0 Å². The van der Waals surface area contributed by atoms with E-state index in [1.165, 1.54) is 7.11 Å². The molecular weight excluding hydrogens is 386 g/mol. The molecule has 0 aliphatic rings. The Hall–Kier alpha value is -3.78. The van der Waals surface area contributed by atoms with Crippen molar-refractivity contribution in [3.05, 3.63) is 100 Å². The minimum Gasteiger partial charge on any atom is -0.491 e. The zero-order valence-electron chi connectivity index (χ0n) is 18.4. The van der Waals surface area contributed by atoms with Crippen molar-refractivity contribution >= 4 is 11.6 Å². The Bertz CT molecular complexity index is 1020. The fourth-order valence-electron chi connectivity index (χ4n) is 2.94. The second-order valence-corrected chi connectivity index (χ2v) is 7.47. The summed E-state index contributed by atoms with van der Waals surface area (Å²) in [7, 11) is 1.49. The molecule has 0 aliphatic carbocycles. The van der Waals surface area contributed by atoms with Gasteiger partial charge in [-0.1, -0.05) is 60.7 Å². The zero-order valence-corrected chi connectivity index (χ0v) is 18.4. The number of rotatable bonds is 9. The van der Waals surface area contributed by atoms with Crippen molar-refractivity contribution in [1.82, 2.24) is 5.32 Å². The maximum Gasteiger partial charge on any atom is 0.286 e. The summed E-state index contributed by atoms with van der Waals surface area (Å²) in [4.78, 5) is 12.7. The lowest BCUT2D eigenvalue weighted by atomic mass is 9.99. The Kier molecular flexibility index (Phi) is 8.65. The second-order valence-electron chi connectivity index (χ2n) is 7.47. The number of hydrogen-bond acceptors (Lipinski definition) is 4. The first-order valence-corrected chi connectivity index (χ1v) is 10.0. The number of methoxy groups -OCH3 is 1.